The number of ether oxygens (including phenoxy) is 3. The minimum Gasteiger partial charge on any atom is -0.462 e. The summed E-state index contributed by atoms with van der Waals surface area (Å²) in [4.78, 5) is 23.8. The van der Waals surface area contributed by atoms with Crippen molar-refractivity contribution < 1.29 is 23.8 Å². The lowest BCUT2D eigenvalue weighted by atomic mass is 10.1. The lowest BCUT2D eigenvalue weighted by Gasteiger charge is -2.12. The van der Waals surface area contributed by atoms with E-state index in [1.165, 1.54) is 0 Å². The summed E-state index contributed by atoms with van der Waals surface area (Å²) in [5.74, 6) is -0.502. The van der Waals surface area contributed by atoms with Crippen molar-refractivity contribution in [2.24, 2.45) is 5.92 Å². The second kappa shape index (κ2) is 12.5. The largest absolute Gasteiger partial charge is 0.462 e. The van der Waals surface area contributed by atoms with Crippen LogP contribution in [0.1, 0.15) is 46.9 Å². The van der Waals surface area contributed by atoms with Gasteiger partial charge in [0.2, 0.25) is 0 Å². The summed E-state index contributed by atoms with van der Waals surface area (Å²) in [6, 6.07) is 13.3. The monoisotopic (exact) mass is 414 g/mol. The van der Waals surface area contributed by atoms with Crippen LogP contribution in [0.2, 0.25) is 0 Å². The predicted octanol–water partition coefficient (Wildman–Crippen LogP) is 3.69. The highest BCUT2D eigenvalue weighted by Crippen LogP contribution is 2.10. The van der Waals surface area contributed by atoms with E-state index in [0.717, 1.165) is 19.3 Å². The zero-order valence-electron chi connectivity index (χ0n) is 17.3. The van der Waals surface area contributed by atoms with Gasteiger partial charge in [-0.3, -0.25) is 0 Å². The molecule has 0 saturated heterocycles. The number of carbonyl (C=O) groups excluding carboxylic acids is 2. The van der Waals surface area contributed by atoms with E-state index in [1.54, 1.807) is 48.5 Å². The van der Waals surface area contributed by atoms with Gasteiger partial charge in [-0.05, 0) is 73.7 Å². The van der Waals surface area contributed by atoms with Crippen LogP contribution in [0, 0.1) is 5.92 Å². The number of rotatable bonds is 12. The third-order valence-corrected chi connectivity index (χ3v) is 4.46. The standard InChI is InChI=1S/C23H30N2O5/c1-17(16-30-23(27)19-6-10-21(25)11-7-19)12-15-28-13-2-3-14-29-22(26)18-4-8-20(24)9-5-18/h4-11,17H,2-3,12-16,24-25H2,1H3/t17-/m1/s1. The molecule has 0 spiro atoms. The first-order valence-corrected chi connectivity index (χ1v) is 10.1. The highest BCUT2D eigenvalue weighted by molar-refractivity contribution is 5.90. The number of nitrogens with two attached hydrogens (primary N) is 2. The van der Waals surface area contributed by atoms with Gasteiger partial charge in [-0.2, -0.15) is 0 Å². The molecule has 0 fully saturated rings. The number of unbranched alkanes of at least 4 members (excludes halogenated alkanes) is 1. The van der Waals surface area contributed by atoms with Crippen LogP contribution in [0.15, 0.2) is 48.5 Å². The summed E-state index contributed by atoms with van der Waals surface area (Å²) in [5, 5.41) is 0. The third kappa shape index (κ3) is 8.53. The summed E-state index contributed by atoms with van der Waals surface area (Å²) in [5.41, 5.74) is 13.4. The summed E-state index contributed by atoms with van der Waals surface area (Å²) in [6.07, 6.45) is 2.33. The molecule has 0 radical (unpaired) electrons. The van der Waals surface area contributed by atoms with Crippen LogP contribution in [-0.4, -0.2) is 38.4 Å². The molecule has 0 saturated carbocycles. The molecule has 162 valence electrons. The maximum atomic E-state index is 12.0. The first-order chi connectivity index (χ1) is 14.5. The van der Waals surface area contributed by atoms with Crippen molar-refractivity contribution in [1.29, 1.82) is 0 Å². The van der Waals surface area contributed by atoms with Gasteiger partial charge in [0.1, 0.15) is 0 Å². The van der Waals surface area contributed by atoms with E-state index < -0.39 is 0 Å². The van der Waals surface area contributed by atoms with Crippen molar-refractivity contribution in [3.8, 4) is 0 Å². The Morgan fingerprint density at radius 2 is 1.27 bits per heavy atom. The molecule has 7 heteroatoms. The minimum atomic E-state index is -0.351. The molecule has 2 aromatic carbocycles. The highest BCUT2D eigenvalue weighted by Gasteiger charge is 2.10. The Bertz CT molecular complexity index is 790. The van der Waals surface area contributed by atoms with Crippen molar-refractivity contribution in [2.75, 3.05) is 37.9 Å². The summed E-state index contributed by atoms with van der Waals surface area (Å²) >= 11 is 0. The van der Waals surface area contributed by atoms with Gasteiger partial charge in [0.05, 0.1) is 24.3 Å². The number of benzene rings is 2. The molecule has 0 aliphatic rings. The topological polar surface area (TPSA) is 114 Å². The van der Waals surface area contributed by atoms with Crippen LogP contribution >= 0.6 is 0 Å². The smallest absolute Gasteiger partial charge is 0.338 e. The number of carbonyl (C=O) groups is 2. The highest BCUT2D eigenvalue weighted by atomic mass is 16.5. The zero-order valence-corrected chi connectivity index (χ0v) is 17.3. The van der Waals surface area contributed by atoms with Crippen LogP contribution in [0.5, 0.6) is 0 Å². The molecule has 2 aromatic rings. The van der Waals surface area contributed by atoms with Crippen molar-refractivity contribution in [2.45, 2.75) is 26.2 Å². The summed E-state index contributed by atoms with van der Waals surface area (Å²) < 4.78 is 16.1. The van der Waals surface area contributed by atoms with E-state index in [-0.39, 0.29) is 17.9 Å². The fraction of sp³-hybridized carbons (Fsp3) is 0.391. The van der Waals surface area contributed by atoms with Gasteiger partial charge < -0.3 is 25.7 Å². The molecule has 0 aromatic heterocycles. The number of nitrogen functional groups attached to an aromatic ring is 2. The van der Waals surface area contributed by atoms with Crippen LogP contribution in [0.3, 0.4) is 0 Å². The third-order valence-electron chi connectivity index (χ3n) is 4.46. The number of hydrogen-bond acceptors (Lipinski definition) is 7. The number of hydrogen-bond donors (Lipinski definition) is 2. The fourth-order valence-electron chi connectivity index (χ4n) is 2.56. The van der Waals surface area contributed by atoms with Gasteiger partial charge in [-0.15, -0.1) is 0 Å². The van der Waals surface area contributed by atoms with E-state index in [9.17, 15) is 9.59 Å². The molecule has 7 nitrogen and oxygen atoms in total. The molecule has 0 heterocycles. The molecule has 1 atom stereocenters. The summed E-state index contributed by atoms with van der Waals surface area (Å²) in [6.45, 7) is 3.89. The van der Waals surface area contributed by atoms with Gasteiger partial charge in [0.15, 0.2) is 0 Å². The van der Waals surface area contributed by atoms with Crippen LogP contribution in [0.25, 0.3) is 0 Å². The SMILES string of the molecule is C[C@H](CCOCCCCOC(=O)c1ccc(N)cc1)COC(=O)c1ccc(N)cc1. The zero-order chi connectivity index (χ0) is 21.8. The molecular formula is C23H30N2O5. The molecule has 0 bridgehead atoms. The lowest BCUT2D eigenvalue weighted by Crippen LogP contribution is -2.14. The normalized spacial score (nSPS) is 11.6. The van der Waals surface area contributed by atoms with Crippen LogP contribution < -0.4 is 11.5 Å². The first-order valence-electron chi connectivity index (χ1n) is 10.1. The maximum Gasteiger partial charge on any atom is 0.338 e. The fourth-order valence-corrected chi connectivity index (χ4v) is 2.56. The molecule has 0 unspecified atom stereocenters. The van der Waals surface area contributed by atoms with Gasteiger partial charge in [-0.25, -0.2) is 9.59 Å². The Hall–Kier alpha value is -3.06. The molecule has 4 N–H and O–H groups in total. The molecular weight excluding hydrogens is 384 g/mol. The Labute approximate surface area is 177 Å². The average molecular weight is 415 g/mol. The van der Waals surface area contributed by atoms with Crippen LogP contribution in [-0.2, 0) is 14.2 Å². The predicted molar refractivity (Wildman–Crippen MR) is 116 cm³/mol. The lowest BCUT2D eigenvalue weighted by molar-refractivity contribution is 0.0403. The second-order valence-electron chi connectivity index (χ2n) is 7.19. The van der Waals surface area contributed by atoms with Gasteiger partial charge in [-0.1, -0.05) is 6.92 Å². The van der Waals surface area contributed by atoms with E-state index in [1.807, 2.05) is 6.92 Å². The van der Waals surface area contributed by atoms with Crippen LogP contribution in [0.4, 0.5) is 11.4 Å². The van der Waals surface area contributed by atoms with Crippen molar-refractivity contribution in [1.82, 2.24) is 0 Å². The quantitative estimate of drug-likeness (QED) is 0.309. The van der Waals surface area contributed by atoms with E-state index in [2.05, 4.69) is 0 Å². The van der Waals surface area contributed by atoms with Crippen molar-refractivity contribution >= 4 is 23.3 Å². The Kier molecular flexibility index (Phi) is 9.67. The molecule has 0 amide bonds. The minimum absolute atomic E-state index is 0.198. The Morgan fingerprint density at radius 3 is 1.83 bits per heavy atom. The van der Waals surface area contributed by atoms with Crippen molar-refractivity contribution in [3.05, 3.63) is 59.7 Å². The second-order valence-corrected chi connectivity index (χ2v) is 7.19. The van der Waals surface area contributed by atoms with Gasteiger partial charge in [0.25, 0.3) is 0 Å². The average Bonchev–Trinajstić information content (AvgIpc) is 2.74. The Balaban J connectivity index is 1.47. The number of esters is 2. The van der Waals surface area contributed by atoms with Gasteiger partial charge in [0, 0.05) is 24.6 Å². The molecule has 0 aliphatic carbocycles. The molecule has 30 heavy (non-hydrogen) atoms. The molecule has 0 aliphatic heterocycles. The van der Waals surface area contributed by atoms with E-state index in [4.69, 9.17) is 25.7 Å². The maximum absolute atomic E-state index is 12.0. The molecule has 2 rings (SSSR count). The van der Waals surface area contributed by atoms with E-state index >= 15 is 0 Å². The Morgan fingerprint density at radius 1 is 0.767 bits per heavy atom. The number of anilines is 2. The first kappa shape index (κ1) is 23.2. The van der Waals surface area contributed by atoms with E-state index in [0.29, 0.717) is 48.9 Å². The van der Waals surface area contributed by atoms with Gasteiger partial charge >= 0.3 is 11.9 Å². The van der Waals surface area contributed by atoms with Crippen molar-refractivity contribution in [3.63, 3.8) is 0 Å². The summed E-state index contributed by atoms with van der Waals surface area (Å²) in [7, 11) is 0.